The largest absolute Gasteiger partial charge is 0.457 e. The number of nitrogen functional groups attached to an aromatic ring is 1. The van der Waals surface area contributed by atoms with Crippen LogP contribution in [0.25, 0.3) is 0 Å². The Morgan fingerprint density at radius 3 is 2.35 bits per heavy atom. The van der Waals surface area contributed by atoms with Crippen molar-refractivity contribution in [3.8, 4) is 11.5 Å². The molecule has 6 heteroatoms. The number of nitrogens with two attached hydrogens (primary N) is 1. The van der Waals surface area contributed by atoms with Gasteiger partial charge in [0.15, 0.2) is 5.82 Å². The molecule has 6 nitrogen and oxygen atoms in total. The molecular formula is C17H15N5O. The van der Waals surface area contributed by atoms with Gasteiger partial charge in [-0.1, -0.05) is 18.2 Å². The summed E-state index contributed by atoms with van der Waals surface area (Å²) in [7, 11) is 0. The van der Waals surface area contributed by atoms with Crippen LogP contribution in [0.5, 0.6) is 11.5 Å². The van der Waals surface area contributed by atoms with Gasteiger partial charge in [0.2, 0.25) is 0 Å². The summed E-state index contributed by atoms with van der Waals surface area (Å²) in [6.45, 7) is 0. The van der Waals surface area contributed by atoms with Crippen LogP contribution in [0.4, 0.5) is 17.2 Å². The monoisotopic (exact) mass is 305 g/mol. The average molecular weight is 305 g/mol. The second-order valence-electron chi connectivity index (χ2n) is 4.73. The minimum Gasteiger partial charge on any atom is -0.457 e. The Bertz CT molecular complexity index is 803. The van der Waals surface area contributed by atoms with Crippen LogP contribution in [0.15, 0.2) is 60.9 Å². The maximum atomic E-state index is 7.38. The van der Waals surface area contributed by atoms with Crippen LogP contribution in [0, 0.1) is 5.41 Å². The molecule has 0 aliphatic heterocycles. The number of aromatic nitrogens is 2. The zero-order chi connectivity index (χ0) is 16.1. The van der Waals surface area contributed by atoms with Gasteiger partial charge in [-0.25, -0.2) is 9.97 Å². The van der Waals surface area contributed by atoms with Gasteiger partial charge < -0.3 is 21.2 Å². The van der Waals surface area contributed by atoms with Crippen LogP contribution < -0.4 is 15.8 Å². The van der Waals surface area contributed by atoms with Crippen LogP contribution in [0.2, 0.25) is 0 Å². The van der Waals surface area contributed by atoms with E-state index < -0.39 is 0 Å². The van der Waals surface area contributed by atoms with E-state index in [9.17, 15) is 0 Å². The fourth-order valence-corrected chi connectivity index (χ4v) is 2.03. The third-order valence-corrected chi connectivity index (χ3v) is 3.15. The minimum absolute atomic E-state index is 0.295. The van der Waals surface area contributed by atoms with E-state index in [-0.39, 0.29) is 0 Å². The molecule has 0 bridgehead atoms. The number of nitrogens with one attached hydrogen (secondary N) is 2. The van der Waals surface area contributed by atoms with Crippen molar-refractivity contribution in [1.82, 2.24) is 9.97 Å². The molecule has 0 fully saturated rings. The highest BCUT2D eigenvalue weighted by Crippen LogP contribution is 2.26. The predicted molar refractivity (Wildman–Crippen MR) is 90.6 cm³/mol. The van der Waals surface area contributed by atoms with E-state index >= 15 is 0 Å². The first-order valence-corrected chi connectivity index (χ1v) is 6.97. The number of nitrogens with zero attached hydrogens (tertiary/aromatic N) is 2. The van der Waals surface area contributed by atoms with Crippen molar-refractivity contribution >= 4 is 23.4 Å². The highest BCUT2D eigenvalue weighted by Gasteiger charge is 2.07. The van der Waals surface area contributed by atoms with Crippen molar-refractivity contribution in [1.29, 1.82) is 5.41 Å². The highest BCUT2D eigenvalue weighted by atomic mass is 16.5. The first kappa shape index (κ1) is 14.5. The smallest absolute Gasteiger partial charge is 0.151 e. The summed E-state index contributed by atoms with van der Waals surface area (Å²) < 4.78 is 5.74. The SMILES string of the molecule is N=Cc1ncnc(N)c1Nc1ccc(Oc2ccccc2)cc1. The second kappa shape index (κ2) is 6.57. The summed E-state index contributed by atoms with van der Waals surface area (Å²) in [5.74, 6) is 1.80. The van der Waals surface area contributed by atoms with Gasteiger partial charge in [0, 0.05) is 11.9 Å². The molecule has 23 heavy (non-hydrogen) atoms. The molecule has 0 radical (unpaired) electrons. The standard InChI is InChI=1S/C17H15N5O/c18-10-15-16(17(19)21-11-20-15)22-12-6-8-14(9-7-12)23-13-4-2-1-3-5-13/h1-11,18,22H,(H2,19,20,21). The number of anilines is 3. The van der Waals surface area contributed by atoms with Crippen molar-refractivity contribution in [2.45, 2.75) is 0 Å². The number of hydrogen-bond acceptors (Lipinski definition) is 6. The molecule has 0 spiro atoms. The molecule has 0 amide bonds. The first-order valence-electron chi connectivity index (χ1n) is 6.97. The predicted octanol–water partition coefficient (Wildman–Crippen LogP) is 3.59. The third kappa shape index (κ3) is 3.44. The summed E-state index contributed by atoms with van der Waals surface area (Å²) in [6, 6.07) is 17.0. The molecule has 3 rings (SSSR count). The number of rotatable bonds is 5. The Morgan fingerprint density at radius 2 is 1.65 bits per heavy atom. The van der Waals surface area contributed by atoms with Crippen LogP contribution in [-0.2, 0) is 0 Å². The quantitative estimate of drug-likeness (QED) is 0.626. The van der Waals surface area contributed by atoms with Crippen molar-refractivity contribution in [3.05, 3.63) is 66.6 Å². The summed E-state index contributed by atoms with van der Waals surface area (Å²) in [5, 5.41) is 10.5. The lowest BCUT2D eigenvalue weighted by Gasteiger charge is -2.11. The van der Waals surface area contributed by atoms with Crippen molar-refractivity contribution in [2.75, 3.05) is 11.1 Å². The molecule has 2 aromatic carbocycles. The average Bonchev–Trinajstić information content (AvgIpc) is 2.59. The Labute approximate surface area is 133 Å². The van der Waals surface area contributed by atoms with Gasteiger partial charge in [0.1, 0.15) is 29.2 Å². The molecule has 0 aliphatic rings. The summed E-state index contributed by atoms with van der Waals surface area (Å²) in [5.41, 5.74) is 7.58. The lowest BCUT2D eigenvalue weighted by molar-refractivity contribution is 0.483. The zero-order valence-corrected chi connectivity index (χ0v) is 12.2. The van der Waals surface area contributed by atoms with E-state index in [1.807, 2.05) is 54.6 Å². The lowest BCUT2D eigenvalue weighted by Crippen LogP contribution is -2.04. The normalized spacial score (nSPS) is 10.1. The maximum absolute atomic E-state index is 7.38. The highest BCUT2D eigenvalue weighted by molar-refractivity contribution is 5.89. The molecular weight excluding hydrogens is 290 g/mol. The van der Waals surface area contributed by atoms with Gasteiger partial charge >= 0.3 is 0 Å². The van der Waals surface area contributed by atoms with E-state index in [4.69, 9.17) is 15.9 Å². The van der Waals surface area contributed by atoms with Gasteiger partial charge in [-0.05, 0) is 36.4 Å². The summed E-state index contributed by atoms with van der Waals surface area (Å²) >= 11 is 0. The zero-order valence-electron chi connectivity index (χ0n) is 12.2. The molecule has 0 unspecified atom stereocenters. The first-order chi connectivity index (χ1) is 11.3. The van der Waals surface area contributed by atoms with Crippen molar-refractivity contribution < 1.29 is 4.74 Å². The number of benzene rings is 2. The fraction of sp³-hybridized carbons (Fsp3) is 0. The van der Waals surface area contributed by atoms with Crippen LogP contribution in [-0.4, -0.2) is 16.2 Å². The molecule has 114 valence electrons. The fourth-order valence-electron chi connectivity index (χ4n) is 2.03. The van der Waals surface area contributed by atoms with Gasteiger partial charge in [0.25, 0.3) is 0 Å². The van der Waals surface area contributed by atoms with Crippen molar-refractivity contribution in [3.63, 3.8) is 0 Å². The number of para-hydroxylation sites is 1. The minimum atomic E-state index is 0.295. The molecule has 4 N–H and O–H groups in total. The van der Waals surface area contributed by atoms with Gasteiger partial charge in [-0.2, -0.15) is 0 Å². The lowest BCUT2D eigenvalue weighted by atomic mass is 10.2. The summed E-state index contributed by atoms with van der Waals surface area (Å²) in [4.78, 5) is 7.94. The summed E-state index contributed by atoms with van der Waals surface area (Å²) in [6.07, 6.45) is 2.46. The molecule has 0 atom stereocenters. The van der Waals surface area contributed by atoms with E-state index in [2.05, 4.69) is 15.3 Å². The van der Waals surface area contributed by atoms with Crippen LogP contribution in [0.3, 0.4) is 0 Å². The Hall–Kier alpha value is -3.41. The van der Waals surface area contributed by atoms with E-state index in [1.54, 1.807) is 0 Å². The Kier molecular flexibility index (Phi) is 4.15. The van der Waals surface area contributed by atoms with Crippen LogP contribution >= 0.6 is 0 Å². The molecule has 3 aromatic rings. The van der Waals surface area contributed by atoms with Crippen molar-refractivity contribution in [2.24, 2.45) is 0 Å². The molecule has 0 aliphatic carbocycles. The molecule has 1 aromatic heterocycles. The molecule has 0 saturated carbocycles. The van der Waals surface area contributed by atoms with Crippen LogP contribution in [0.1, 0.15) is 5.69 Å². The van der Waals surface area contributed by atoms with Gasteiger partial charge in [-0.3, -0.25) is 0 Å². The van der Waals surface area contributed by atoms with E-state index in [0.29, 0.717) is 17.2 Å². The van der Waals surface area contributed by atoms with Gasteiger partial charge in [0.05, 0.1) is 0 Å². The number of ether oxygens (including phenoxy) is 1. The van der Waals surface area contributed by atoms with E-state index in [0.717, 1.165) is 23.4 Å². The Balaban J connectivity index is 1.77. The van der Waals surface area contributed by atoms with E-state index in [1.165, 1.54) is 6.33 Å². The maximum Gasteiger partial charge on any atom is 0.151 e. The van der Waals surface area contributed by atoms with Gasteiger partial charge in [-0.15, -0.1) is 0 Å². The Morgan fingerprint density at radius 1 is 0.957 bits per heavy atom. The molecule has 0 saturated heterocycles. The second-order valence-corrected chi connectivity index (χ2v) is 4.73. The third-order valence-electron chi connectivity index (χ3n) is 3.15. The molecule has 1 heterocycles. The topological polar surface area (TPSA) is 96.9 Å². The number of hydrogen-bond donors (Lipinski definition) is 3.